The molecule has 3 atom stereocenters. The highest BCUT2D eigenvalue weighted by molar-refractivity contribution is 5.85. The minimum Gasteiger partial charge on any atom is -0.356 e. The monoisotopic (exact) mass is 515 g/mol. The van der Waals surface area contributed by atoms with Gasteiger partial charge in [0, 0.05) is 19.6 Å². The van der Waals surface area contributed by atoms with Crippen molar-refractivity contribution in [2.75, 3.05) is 19.6 Å². The number of guanidine groups is 1. The third-order valence-electron chi connectivity index (χ3n) is 7.19. The highest BCUT2D eigenvalue weighted by Gasteiger charge is 2.08. The van der Waals surface area contributed by atoms with Crippen LogP contribution in [0.1, 0.15) is 139 Å². The van der Waals surface area contributed by atoms with Crippen LogP contribution in [0.15, 0.2) is 4.99 Å². The minimum atomic E-state index is 0. The van der Waals surface area contributed by atoms with Gasteiger partial charge in [0.2, 0.25) is 0 Å². The Morgan fingerprint density at radius 2 is 0.829 bits per heavy atom. The van der Waals surface area contributed by atoms with Crippen molar-refractivity contribution in [3.8, 4) is 0 Å². The quantitative estimate of drug-likeness (QED) is 0.118. The molecule has 0 aliphatic heterocycles. The second-order valence-corrected chi connectivity index (χ2v) is 12.7. The van der Waals surface area contributed by atoms with Gasteiger partial charge in [-0.05, 0) is 54.8 Å². The molecule has 3 unspecified atom stereocenters. The van der Waals surface area contributed by atoms with Gasteiger partial charge in [-0.25, -0.2) is 0 Å². The fourth-order valence-corrected chi connectivity index (χ4v) is 4.50. The fourth-order valence-electron chi connectivity index (χ4n) is 4.50. The van der Waals surface area contributed by atoms with Crippen molar-refractivity contribution in [3.63, 3.8) is 0 Å². The molecule has 0 aromatic carbocycles. The molecule has 0 aliphatic carbocycles. The number of hydrogen-bond donors (Lipinski definition) is 2. The number of rotatable bonds is 21. The Morgan fingerprint density at radius 3 is 1.17 bits per heavy atom. The van der Waals surface area contributed by atoms with Gasteiger partial charge in [-0.2, -0.15) is 0 Å². The summed E-state index contributed by atoms with van der Waals surface area (Å²) in [5.74, 6) is 5.86. The van der Waals surface area contributed by atoms with Crippen LogP contribution in [0, 0.1) is 35.5 Å². The second kappa shape index (κ2) is 23.9. The van der Waals surface area contributed by atoms with Crippen molar-refractivity contribution >= 4 is 18.4 Å². The van der Waals surface area contributed by atoms with Crippen LogP contribution in [0.3, 0.4) is 0 Å². The van der Waals surface area contributed by atoms with E-state index in [4.69, 9.17) is 4.99 Å². The number of aliphatic imine (C=N–C) groups is 1. The van der Waals surface area contributed by atoms with Crippen LogP contribution in [0.4, 0.5) is 0 Å². The normalized spacial score (nSPS) is 14.1. The van der Waals surface area contributed by atoms with Crippen LogP contribution < -0.4 is 10.6 Å². The van der Waals surface area contributed by atoms with E-state index in [0.29, 0.717) is 0 Å². The van der Waals surface area contributed by atoms with Crippen molar-refractivity contribution < 1.29 is 0 Å². The van der Waals surface area contributed by atoms with Gasteiger partial charge in [0.15, 0.2) is 5.96 Å². The number of nitrogens with zero attached hydrogens (tertiary/aromatic N) is 1. The molecule has 0 aromatic rings. The molecule has 212 valence electrons. The Bertz CT molecular complexity index is 448. The van der Waals surface area contributed by atoms with Crippen molar-refractivity contribution in [1.29, 1.82) is 0 Å². The van der Waals surface area contributed by atoms with E-state index in [2.05, 4.69) is 72.9 Å². The summed E-state index contributed by atoms with van der Waals surface area (Å²) in [6, 6.07) is 0. The van der Waals surface area contributed by atoms with Gasteiger partial charge in [-0.1, -0.05) is 120 Å². The Balaban J connectivity index is 0. The highest BCUT2D eigenvalue weighted by atomic mass is 35.5. The van der Waals surface area contributed by atoms with Crippen LogP contribution >= 0.6 is 12.4 Å². The van der Waals surface area contributed by atoms with E-state index >= 15 is 0 Å². The zero-order chi connectivity index (χ0) is 25.8. The Morgan fingerprint density at radius 1 is 0.486 bits per heavy atom. The van der Waals surface area contributed by atoms with Crippen LogP contribution in [0.25, 0.3) is 0 Å². The molecule has 2 N–H and O–H groups in total. The van der Waals surface area contributed by atoms with E-state index in [1.807, 2.05) is 0 Å². The molecule has 0 fully saturated rings. The smallest absolute Gasteiger partial charge is 0.191 e. The van der Waals surface area contributed by atoms with E-state index in [-0.39, 0.29) is 12.4 Å². The standard InChI is InChI=1S/C31H65N3.ClH/c1-25(2)13-10-16-28(7)19-22-32-31(33-23-20-29(8)17-11-14-26(3)4)34-24-21-30(9)18-12-15-27(5)6;/h25-30H,10-24H2,1-9H3,(H2,32,33,34);1H. The molecule has 3 nitrogen and oxygen atoms in total. The lowest BCUT2D eigenvalue weighted by Gasteiger charge is -2.18. The third kappa shape index (κ3) is 26.4. The van der Waals surface area contributed by atoms with Crippen LogP contribution in [-0.4, -0.2) is 25.6 Å². The summed E-state index contributed by atoms with van der Waals surface area (Å²) < 4.78 is 0. The molecular formula is C31H66ClN3. The van der Waals surface area contributed by atoms with Crippen molar-refractivity contribution in [2.24, 2.45) is 40.5 Å². The van der Waals surface area contributed by atoms with Crippen molar-refractivity contribution in [3.05, 3.63) is 0 Å². The molecule has 0 spiro atoms. The van der Waals surface area contributed by atoms with Gasteiger partial charge in [-0.15, -0.1) is 12.4 Å². The summed E-state index contributed by atoms with van der Waals surface area (Å²) in [5, 5.41) is 7.30. The average molecular weight is 516 g/mol. The highest BCUT2D eigenvalue weighted by Crippen LogP contribution is 2.17. The molecular weight excluding hydrogens is 450 g/mol. The maximum absolute atomic E-state index is 4.97. The molecule has 0 heterocycles. The topological polar surface area (TPSA) is 36.4 Å². The van der Waals surface area contributed by atoms with Crippen LogP contribution in [0.2, 0.25) is 0 Å². The second-order valence-electron chi connectivity index (χ2n) is 12.7. The number of halogens is 1. The number of nitrogens with one attached hydrogen (secondary N) is 2. The third-order valence-corrected chi connectivity index (χ3v) is 7.19. The Kier molecular flexibility index (Phi) is 25.1. The fraction of sp³-hybridized carbons (Fsp3) is 0.968. The summed E-state index contributed by atoms with van der Waals surface area (Å²) in [6.45, 7) is 24.2. The van der Waals surface area contributed by atoms with E-state index in [9.17, 15) is 0 Å². The molecule has 0 saturated heterocycles. The Labute approximate surface area is 228 Å². The SMILES string of the molecule is CC(C)CCCC(C)CCN=C(NCCC(C)CCCC(C)C)NCCC(C)CCCC(C)C.Cl. The molecule has 0 aliphatic rings. The predicted molar refractivity (Wildman–Crippen MR) is 163 cm³/mol. The molecule has 0 rings (SSSR count). The summed E-state index contributed by atoms with van der Waals surface area (Å²) in [5.41, 5.74) is 0. The number of hydrogen-bond acceptors (Lipinski definition) is 1. The van der Waals surface area contributed by atoms with Gasteiger partial charge >= 0.3 is 0 Å². The predicted octanol–water partition coefficient (Wildman–Crippen LogP) is 9.50. The van der Waals surface area contributed by atoms with Crippen LogP contribution in [0.5, 0.6) is 0 Å². The van der Waals surface area contributed by atoms with E-state index < -0.39 is 0 Å². The maximum atomic E-state index is 4.97. The lowest BCUT2D eigenvalue weighted by molar-refractivity contribution is 0.430. The first-order chi connectivity index (χ1) is 16.1. The maximum Gasteiger partial charge on any atom is 0.191 e. The molecule has 0 amide bonds. The zero-order valence-corrected chi connectivity index (χ0v) is 26.2. The summed E-state index contributed by atoms with van der Waals surface area (Å²) in [6.07, 6.45) is 15.8. The molecule has 0 radical (unpaired) electrons. The average Bonchev–Trinajstić information content (AvgIpc) is 2.72. The first kappa shape index (κ1) is 36.7. The van der Waals surface area contributed by atoms with Crippen molar-refractivity contribution in [1.82, 2.24) is 10.6 Å². The molecule has 0 saturated carbocycles. The van der Waals surface area contributed by atoms with E-state index in [1.54, 1.807) is 0 Å². The first-order valence-electron chi connectivity index (χ1n) is 15.1. The van der Waals surface area contributed by atoms with Gasteiger partial charge < -0.3 is 10.6 Å². The van der Waals surface area contributed by atoms with Crippen LogP contribution in [-0.2, 0) is 0 Å². The minimum absolute atomic E-state index is 0. The summed E-state index contributed by atoms with van der Waals surface area (Å²) in [7, 11) is 0. The van der Waals surface area contributed by atoms with Gasteiger partial charge in [0.1, 0.15) is 0 Å². The van der Waals surface area contributed by atoms with E-state index in [1.165, 1.54) is 77.0 Å². The molecule has 35 heavy (non-hydrogen) atoms. The molecule has 0 aromatic heterocycles. The molecule has 0 bridgehead atoms. The lowest BCUT2D eigenvalue weighted by atomic mass is 9.97. The lowest BCUT2D eigenvalue weighted by Crippen LogP contribution is -2.39. The van der Waals surface area contributed by atoms with Gasteiger partial charge in [-0.3, -0.25) is 4.99 Å². The first-order valence-corrected chi connectivity index (χ1v) is 15.1. The molecule has 4 heteroatoms. The largest absolute Gasteiger partial charge is 0.356 e. The van der Waals surface area contributed by atoms with E-state index in [0.717, 1.165) is 61.1 Å². The Hall–Kier alpha value is -0.440. The summed E-state index contributed by atoms with van der Waals surface area (Å²) in [4.78, 5) is 4.97. The zero-order valence-electron chi connectivity index (χ0n) is 25.4. The van der Waals surface area contributed by atoms with Gasteiger partial charge in [0.25, 0.3) is 0 Å². The summed E-state index contributed by atoms with van der Waals surface area (Å²) >= 11 is 0. The van der Waals surface area contributed by atoms with Crippen molar-refractivity contribution in [2.45, 2.75) is 139 Å². The van der Waals surface area contributed by atoms with Gasteiger partial charge in [0.05, 0.1) is 0 Å².